The van der Waals surface area contributed by atoms with E-state index in [0.717, 1.165) is 6.07 Å². The van der Waals surface area contributed by atoms with Crippen molar-refractivity contribution >= 4 is 0 Å². The Morgan fingerprint density at radius 1 is 0.667 bits per heavy atom. The van der Waals surface area contributed by atoms with E-state index >= 15 is 0 Å². The fourth-order valence-electron chi connectivity index (χ4n) is 3.76. The molecular formula is C27H18F10O5. The van der Waals surface area contributed by atoms with Crippen LogP contribution in [-0.2, 0) is 21.7 Å². The van der Waals surface area contributed by atoms with Gasteiger partial charge < -0.3 is 23.7 Å². The zero-order valence-electron chi connectivity index (χ0n) is 20.9. The van der Waals surface area contributed by atoms with Gasteiger partial charge in [-0.05, 0) is 36.4 Å². The van der Waals surface area contributed by atoms with E-state index in [4.69, 9.17) is 9.47 Å². The highest BCUT2D eigenvalue weighted by molar-refractivity contribution is 5.36. The molecule has 1 aliphatic heterocycles. The first kappa shape index (κ1) is 31.0. The fraction of sp³-hybridized carbons (Fsp3) is 0.259. The molecule has 4 rings (SSSR count). The maximum atomic E-state index is 14.8. The third-order valence-electron chi connectivity index (χ3n) is 5.69. The van der Waals surface area contributed by atoms with Gasteiger partial charge in [0.1, 0.15) is 40.3 Å². The smallest absolute Gasteiger partial charge is 0.429 e. The van der Waals surface area contributed by atoms with Crippen LogP contribution in [0.3, 0.4) is 0 Å². The molecule has 42 heavy (non-hydrogen) atoms. The lowest BCUT2D eigenvalue weighted by Gasteiger charge is -2.28. The summed E-state index contributed by atoms with van der Waals surface area (Å²) >= 11 is 0. The minimum Gasteiger partial charge on any atom is -0.429 e. The number of hydrogen-bond donors (Lipinski definition) is 0. The van der Waals surface area contributed by atoms with E-state index in [0.29, 0.717) is 36.4 Å². The first-order chi connectivity index (χ1) is 19.6. The standard InChI is InChI=1S/C27H18F10O5/c1-2-14-12-38-24(39-13-14)15-3-8-19(20(28)9-15)25(31,32)41-18-10-21(29)23(22(30)11-18)26(33,34)40-16-4-6-17(7-5-16)42-27(35,36)37/h2-11,14,24H,1,12-13H2. The van der Waals surface area contributed by atoms with E-state index in [1.54, 1.807) is 6.08 Å². The molecule has 5 nitrogen and oxygen atoms in total. The number of rotatable bonds is 9. The Hall–Kier alpha value is -3.98. The maximum absolute atomic E-state index is 14.8. The summed E-state index contributed by atoms with van der Waals surface area (Å²) in [5.74, 6) is -8.65. The van der Waals surface area contributed by atoms with Crippen LogP contribution in [0.15, 0.2) is 67.3 Å². The molecule has 1 fully saturated rings. The van der Waals surface area contributed by atoms with Crippen LogP contribution in [0.4, 0.5) is 43.9 Å². The lowest BCUT2D eigenvalue weighted by molar-refractivity contribution is -0.274. The minimum atomic E-state index is -5.07. The van der Waals surface area contributed by atoms with Gasteiger partial charge >= 0.3 is 18.6 Å². The predicted molar refractivity (Wildman–Crippen MR) is 123 cm³/mol. The van der Waals surface area contributed by atoms with Crippen molar-refractivity contribution < 1.29 is 67.6 Å². The van der Waals surface area contributed by atoms with Crippen LogP contribution in [0.1, 0.15) is 23.0 Å². The van der Waals surface area contributed by atoms with Crippen LogP contribution in [-0.4, -0.2) is 19.6 Å². The van der Waals surface area contributed by atoms with Gasteiger partial charge in [0, 0.05) is 23.6 Å². The van der Waals surface area contributed by atoms with Gasteiger partial charge in [-0.15, -0.1) is 19.8 Å². The lowest BCUT2D eigenvalue weighted by atomic mass is 10.1. The van der Waals surface area contributed by atoms with Gasteiger partial charge in [-0.1, -0.05) is 12.1 Å². The molecule has 1 aliphatic rings. The molecule has 15 heteroatoms. The first-order valence-electron chi connectivity index (χ1n) is 11.7. The van der Waals surface area contributed by atoms with Crippen molar-refractivity contribution in [3.05, 3.63) is 101 Å². The summed E-state index contributed by atoms with van der Waals surface area (Å²) in [5, 5.41) is 0. The number of alkyl halides is 7. The van der Waals surface area contributed by atoms with Gasteiger partial charge in [0.2, 0.25) is 0 Å². The molecule has 1 heterocycles. The quantitative estimate of drug-likeness (QED) is 0.181. The molecule has 0 aromatic heterocycles. The van der Waals surface area contributed by atoms with Gasteiger partial charge in [-0.25, -0.2) is 13.2 Å². The van der Waals surface area contributed by atoms with Gasteiger partial charge in [-0.3, -0.25) is 0 Å². The lowest BCUT2D eigenvalue weighted by Crippen LogP contribution is -2.27. The number of ether oxygens (including phenoxy) is 5. The van der Waals surface area contributed by atoms with E-state index in [-0.39, 0.29) is 36.8 Å². The van der Waals surface area contributed by atoms with Crippen LogP contribution in [0, 0.1) is 23.4 Å². The Morgan fingerprint density at radius 3 is 1.69 bits per heavy atom. The second-order valence-corrected chi connectivity index (χ2v) is 8.75. The van der Waals surface area contributed by atoms with Gasteiger partial charge in [0.15, 0.2) is 6.29 Å². The van der Waals surface area contributed by atoms with Crippen molar-refractivity contribution in [1.29, 1.82) is 0 Å². The highest BCUT2D eigenvalue weighted by atomic mass is 19.4. The van der Waals surface area contributed by atoms with Crippen molar-refractivity contribution in [2.45, 2.75) is 24.9 Å². The zero-order chi connectivity index (χ0) is 30.9. The van der Waals surface area contributed by atoms with E-state index in [1.165, 1.54) is 0 Å². The Bertz CT molecular complexity index is 1390. The molecule has 0 radical (unpaired) electrons. The highest BCUT2D eigenvalue weighted by Crippen LogP contribution is 2.40. The van der Waals surface area contributed by atoms with E-state index in [9.17, 15) is 43.9 Å². The molecule has 0 spiro atoms. The number of benzene rings is 3. The second-order valence-electron chi connectivity index (χ2n) is 8.75. The van der Waals surface area contributed by atoms with E-state index in [2.05, 4.69) is 20.8 Å². The van der Waals surface area contributed by atoms with Crippen molar-refractivity contribution in [3.63, 3.8) is 0 Å². The highest BCUT2D eigenvalue weighted by Gasteiger charge is 2.43. The van der Waals surface area contributed by atoms with Crippen molar-refractivity contribution in [2.75, 3.05) is 13.2 Å². The molecule has 1 saturated heterocycles. The van der Waals surface area contributed by atoms with Gasteiger partial charge in [0.05, 0.1) is 18.8 Å². The molecule has 0 aliphatic carbocycles. The topological polar surface area (TPSA) is 46.2 Å². The monoisotopic (exact) mass is 612 g/mol. The second kappa shape index (κ2) is 11.7. The van der Waals surface area contributed by atoms with Crippen molar-refractivity contribution in [1.82, 2.24) is 0 Å². The Morgan fingerprint density at radius 2 is 1.19 bits per heavy atom. The molecule has 3 aromatic carbocycles. The molecular weight excluding hydrogens is 594 g/mol. The van der Waals surface area contributed by atoms with Crippen LogP contribution >= 0.6 is 0 Å². The summed E-state index contributed by atoms with van der Waals surface area (Å²) in [5.41, 5.74) is -3.31. The predicted octanol–water partition coefficient (Wildman–Crippen LogP) is 8.11. The third-order valence-corrected chi connectivity index (χ3v) is 5.69. The molecule has 3 aromatic rings. The summed E-state index contributed by atoms with van der Waals surface area (Å²) in [6.07, 6.45) is -13.8. The average Bonchev–Trinajstić information content (AvgIpc) is 2.88. The van der Waals surface area contributed by atoms with Crippen molar-refractivity contribution in [2.24, 2.45) is 5.92 Å². The summed E-state index contributed by atoms with van der Waals surface area (Å²) in [6.45, 7) is 3.97. The first-order valence-corrected chi connectivity index (χ1v) is 11.7. The van der Waals surface area contributed by atoms with Crippen molar-refractivity contribution in [3.8, 4) is 17.2 Å². The van der Waals surface area contributed by atoms with Gasteiger partial charge in [0.25, 0.3) is 0 Å². The van der Waals surface area contributed by atoms with Gasteiger partial charge in [-0.2, -0.15) is 17.6 Å². The zero-order valence-corrected chi connectivity index (χ0v) is 20.9. The Kier molecular flexibility index (Phi) is 8.64. The summed E-state index contributed by atoms with van der Waals surface area (Å²) in [6, 6.07) is 4.78. The Labute approximate surface area is 230 Å². The van der Waals surface area contributed by atoms with E-state index in [1.807, 2.05) is 0 Å². The summed E-state index contributed by atoms with van der Waals surface area (Å²) in [7, 11) is 0. The van der Waals surface area contributed by atoms with E-state index < -0.39 is 70.7 Å². The fourth-order valence-corrected chi connectivity index (χ4v) is 3.76. The SMILES string of the molecule is C=CC1COC(c2ccc(C(F)(F)Oc3cc(F)c(C(F)(F)Oc4ccc(OC(F)(F)F)cc4)c(F)c3)c(F)c2)OC1. The number of hydrogen-bond acceptors (Lipinski definition) is 5. The molecule has 0 unspecified atom stereocenters. The molecule has 0 bridgehead atoms. The minimum absolute atomic E-state index is 0.00410. The summed E-state index contributed by atoms with van der Waals surface area (Å²) < 4.78 is 162. The molecule has 0 amide bonds. The third kappa shape index (κ3) is 7.26. The normalized spacial score (nSPS) is 18.0. The molecule has 0 N–H and O–H groups in total. The molecule has 0 saturated carbocycles. The largest absolute Gasteiger partial charge is 0.573 e. The Balaban J connectivity index is 1.49. The maximum Gasteiger partial charge on any atom is 0.573 e. The summed E-state index contributed by atoms with van der Waals surface area (Å²) in [4.78, 5) is 0. The van der Waals surface area contributed by atoms with Crippen LogP contribution in [0.5, 0.6) is 17.2 Å². The molecule has 0 atom stereocenters. The van der Waals surface area contributed by atoms with Crippen LogP contribution < -0.4 is 14.2 Å². The average molecular weight is 612 g/mol. The van der Waals surface area contributed by atoms with Crippen LogP contribution in [0.2, 0.25) is 0 Å². The number of halogens is 10. The molecule has 226 valence electrons. The van der Waals surface area contributed by atoms with Crippen LogP contribution in [0.25, 0.3) is 0 Å².